The average Bonchev–Trinajstić information content (AvgIpc) is 3.34. The fourth-order valence-electron chi connectivity index (χ4n) is 4.65. The van der Waals surface area contributed by atoms with Crippen molar-refractivity contribution in [3.63, 3.8) is 0 Å². The van der Waals surface area contributed by atoms with Crippen molar-refractivity contribution in [1.82, 2.24) is 19.0 Å². The first-order chi connectivity index (χ1) is 21.4. The van der Waals surface area contributed by atoms with Crippen molar-refractivity contribution in [2.45, 2.75) is 25.9 Å². The molecule has 45 heavy (non-hydrogen) atoms. The molecular weight excluding hydrogens is 684 g/mol. The van der Waals surface area contributed by atoms with Crippen LogP contribution in [0, 0.1) is 5.82 Å². The lowest BCUT2D eigenvalue weighted by Gasteiger charge is -2.18. The maximum Gasteiger partial charge on any atom is 0.416 e. The Labute approximate surface area is 265 Å². The van der Waals surface area contributed by atoms with E-state index in [2.05, 4.69) is 20.9 Å². The number of hydrogen-bond acceptors (Lipinski definition) is 7. The Morgan fingerprint density at radius 3 is 2.42 bits per heavy atom. The van der Waals surface area contributed by atoms with E-state index in [1.165, 1.54) is 37.4 Å². The van der Waals surface area contributed by atoms with Crippen molar-refractivity contribution < 1.29 is 31.8 Å². The molecule has 0 N–H and O–H groups in total. The van der Waals surface area contributed by atoms with Crippen molar-refractivity contribution in [2.24, 2.45) is 0 Å². The van der Waals surface area contributed by atoms with Gasteiger partial charge in [-0.1, -0.05) is 36.4 Å². The molecule has 0 aliphatic carbocycles. The largest absolute Gasteiger partial charge is 0.481 e. The summed E-state index contributed by atoms with van der Waals surface area (Å²) >= 11 is 4.29. The topological polar surface area (TPSA) is 95.7 Å². The van der Waals surface area contributed by atoms with E-state index in [9.17, 15) is 31.9 Å². The van der Waals surface area contributed by atoms with Crippen LogP contribution < -0.4 is 16.0 Å². The summed E-state index contributed by atoms with van der Waals surface area (Å²) in [6, 6.07) is 14.3. The van der Waals surface area contributed by atoms with E-state index in [0.717, 1.165) is 44.2 Å². The third-order valence-corrected chi connectivity index (χ3v) is 8.87. The molecule has 0 radical (unpaired) electrons. The van der Waals surface area contributed by atoms with Gasteiger partial charge in [-0.25, -0.2) is 23.5 Å². The summed E-state index contributed by atoms with van der Waals surface area (Å²) in [5, 5.41) is -0.0603. The maximum atomic E-state index is 15.0. The number of halogens is 5. The number of aromatic nitrogens is 3. The molecule has 0 atom stereocenters. The Bertz CT molecular complexity index is 1990. The van der Waals surface area contributed by atoms with Crippen LogP contribution in [0.15, 0.2) is 80.2 Å². The van der Waals surface area contributed by atoms with Gasteiger partial charge in [0.2, 0.25) is 5.88 Å². The minimum absolute atomic E-state index is 0.00341. The van der Waals surface area contributed by atoms with Crippen molar-refractivity contribution in [3.8, 4) is 11.6 Å². The number of thiophene rings is 1. The van der Waals surface area contributed by atoms with E-state index < -0.39 is 47.0 Å². The molecule has 0 unspecified atom stereocenters. The summed E-state index contributed by atoms with van der Waals surface area (Å²) in [5.74, 6) is -0.991. The average molecular weight is 708 g/mol. The Kier molecular flexibility index (Phi) is 9.11. The van der Waals surface area contributed by atoms with Crippen LogP contribution in [0.3, 0.4) is 0 Å². The second kappa shape index (κ2) is 12.9. The lowest BCUT2D eigenvalue weighted by molar-refractivity contribution is -0.138. The Hall–Kier alpha value is -4.50. The molecule has 234 valence electrons. The van der Waals surface area contributed by atoms with Gasteiger partial charge in [-0.05, 0) is 39.7 Å². The van der Waals surface area contributed by atoms with Gasteiger partial charge in [-0.2, -0.15) is 13.2 Å². The first-order valence-electron chi connectivity index (χ1n) is 13.1. The smallest absolute Gasteiger partial charge is 0.416 e. The van der Waals surface area contributed by atoms with Gasteiger partial charge < -0.3 is 14.4 Å². The number of hydrogen-bond donors (Lipinski definition) is 0. The number of ether oxygens (including phenoxy) is 2. The van der Waals surface area contributed by atoms with Crippen LogP contribution in [0.2, 0.25) is 0 Å². The highest BCUT2D eigenvalue weighted by molar-refractivity contribution is 9.11. The van der Waals surface area contributed by atoms with E-state index in [1.807, 2.05) is 6.07 Å². The lowest BCUT2D eigenvalue weighted by atomic mass is 10.1. The number of nitrogens with zero attached hydrogens (tertiary/aromatic N) is 4. The van der Waals surface area contributed by atoms with E-state index >= 15 is 0 Å². The normalized spacial score (nSPS) is 11.5. The molecule has 0 aliphatic heterocycles. The van der Waals surface area contributed by atoms with E-state index in [4.69, 9.17) is 9.47 Å². The summed E-state index contributed by atoms with van der Waals surface area (Å²) in [6.07, 6.45) is -4.44. The van der Waals surface area contributed by atoms with Crippen LogP contribution in [0.5, 0.6) is 5.88 Å². The molecule has 3 heterocycles. The highest BCUT2D eigenvalue weighted by Gasteiger charge is 2.35. The minimum Gasteiger partial charge on any atom is -0.481 e. The highest BCUT2D eigenvalue weighted by atomic mass is 79.9. The SMILES string of the molecule is COc1ccc(-n2c(=O)c3c(CN(C)C(=O)OCc4ccccc4)c(Br)sc3n(Cc3c(F)cccc3C(F)(F)F)c2=O)cn1. The molecule has 0 bridgehead atoms. The molecule has 9 nitrogen and oxygen atoms in total. The van der Waals surface area contributed by atoms with Gasteiger partial charge in [0.15, 0.2) is 0 Å². The van der Waals surface area contributed by atoms with E-state index in [-0.39, 0.29) is 40.5 Å². The van der Waals surface area contributed by atoms with Crippen LogP contribution in [0.1, 0.15) is 22.3 Å². The van der Waals surface area contributed by atoms with Gasteiger partial charge in [0.25, 0.3) is 5.56 Å². The molecule has 3 aromatic heterocycles. The third-order valence-electron chi connectivity index (χ3n) is 6.86. The molecule has 2 aromatic carbocycles. The number of rotatable bonds is 8. The first kappa shape index (κ1) is 31.9. The molecular formula is C30H23BrF4N4O5S. The minimum atomic E-state index is -4.92. The van der Waals surface area contributed by atoms with Gasteiger partial charge in [-0.3, -0.25) is 9.36 Å². The van der Waals surface area contributed by atoms with E-state index in [1.54, 1.807) is 24.3 Å². The molecule has 0 spiro atoms. The van der Waals surface area contributed by atoms with Gasteiger partial charge in [0.05, 0.1) is 46.8 Å². The Morgan fingerprint density at radius 2 is 1.78 bits per heavy atom. The van der Waals surface area contributed by atoms with Crippen LogP contribution in [-0.4, -0.2) is 39.3 Å². The van der Waals surface area contributed by atoms with Gasteiger partial charge in [-0.15, -0.1) is 11.3 Å². The lowest BCUT2D eigenvalue weighted by Crippen LogP contribution is -2.39. The van der Waals surface area contributed by atoms with Crippen LogP contribution >= 0.6 is 27.3 Å². The van der Waals surface area contributed by atoms with Crippen LogP contribution in [-0.2, 0) is 30.6 Å². The molecule has 0 saturated carbocycles. The third kappa shape index (κ3) is 6.49. The number of alkyl halides is 3. The number of carbonyl (C=O) groups excluding carboxylic acids is 1. The van der Waals surface area contributed by atoms with Gasteiger partial charge in [0, 0.05) is 24.2 Å². The highest BCUT2D eigenvalue weighted by Crippen LogP contribution is 2.37. The number of amides is 1. The first-order valence-corrected chi connectivity index (χ1v) is 14.7. The maximum absolute atomic E-state index is 15.0. The van der Waals surface area contributed by atoms with Crippen LogP contribution in [0.25, 0.3) is 15.9 Å². The summed E-state index contributed by atoms with van der Waals surface area (Å²) in [5.41, 5.74) is -2.85. The Balaban J connectivity index is 1.65. The van der Waals surface area contributed by atoms with Crippen molar-refractivity contribution in [2.75, 3.05) is 14.2 Å². The summed E-state index contributed by atoms with van der Waals surface area (Å²) in [4.78, 5) is 45.9. The van der Waals surface area contributed by atoms with Crippen molar-refractivity contribution in [1.29, 1.82) is 0 Å². The van der Waals surface area contributed by atoms with E-state index in [0.29, 0.717) is 3.79 Å². The summed E-state index contributed by atoms with van der Waals surface area (Å²) in [7, 11) is 2.82. The number of pyridine rings is 1. The summed E-state index contributed by atoms with van der Waals surface area (Å²) in [6.45, 7) is -1.02. The fourth-order valence-corrected chi connectivity index (χ4v) is 6.46. The second-order valence-corrected chi connectivity index (χ2v) is 12.1. The number of fused-ring (bicyclic) bond motifs is 1. The number of methoxy groups -OCH3 is 1. The number of carbonyl (C=O) groups is 1. The molecule has 5 aromatic rings. The van der Waals surface area contributed by atoms with Crippen molar-refractivity contribution in [3.05, 3.63) is 120 Å². The summed E-state index contributed by atoms with van der Waals surface area (Å²) < 4.78 is 69.1. The second-order valence-electron chi connectivity index (χ2n) is 9.76. The zero-order valence-electron chi connectivity index (χ0n) is 23.6. The molecule has 0 fully saturated rings. The van der Waals surface area contributed by atoms with Crippen molar-refractivity contribution >= 4 is 43.6 Å². The van der Waals surface area contributed by atoms with Gasteiger partial charge >= 0.3 is 18.0 Å². The zero-order valence-corrected chi connectivity index (χ0v) is 26.0. The molecule has 0 saturated heterocycles. The van der Waals surface area contributed by atoms with Crippen LogP contribution in [0.4, 0.5) is 22.4 Å². The molecule has 0 aliphatic rings. The monoisotopic (exact) mass is 706 g/mol. The molecule has 15 heteroatoms. The number of benzene rings is 2. The molecule has 1 amide bonds. The fraction of sp³-hybridized carbons (Fsp3) is 0.200. The predicted molar refractivity (Wildman–Crippen MR) is 162 cm³/mol. The van der Waals surface area contributed by atoms with Gasteiger partial charge in [0.1, 0.15) is 17.3 Å². The zero-order chi connectivity index (χ0) is 32.5. The predicted octanol–water partition coefficient (Wildman–Crippen LogP) is 6.35. The molecule has 5 rings (SSSR count). The quantitative estimate of drug-likeness (QED) is 0.175. The Morgan fingerprint density at radius 1 is 1.04 bits per heavy atom. The standard InChI is InChI=1S/C30H23BrF4N4O5S/c1-37(29(42)44-16-17-7-4-3-5-8-17)14-20-24-26(40)39(18-11-12-23(43-2)36-13-18)28(41)38(27(24)45-25(20)31)15-19-21(30(33,34)35)9-6-10-22(19)32/h3-13H,14-16H2,1-2H3.